The van der Waals surface area contributed by atoms with Gasteiger partial charge in [-0.3, -0.25) is 14.8 Å². The molecule has 0 saturated heterocycles. The Labute approximate surface area is 191 Å². The van der Waals surface area contributed by atoms with Gasteiger partial charge < -0.3 is 10.2 Å². The molecule has 0 saturated carbocycles. The number of nitrogens with two attached hydrogens (primary N) is 1. The van der Waals surface area contributed by atoms with Crippen molar-refractivity contribution in [3.05, 3.63) is 70.1 Å². The average molecular weight is 448 g/mol. The third-order valence-corrected chi connectivity index (χ3v) is 10.9. The number of hydrogen-bond acceptors (Lipinski definition) is 5. The van der Waals surface area contributed by atoms with Crippen LogP contribution in [-0.4, -0.2) is 33.2 Å². The molecule has 0 fully saturated rings. The van der Waals surface area contributed by atoms with Gasteiger partial charge >= 0.3 is 0 Å². The van der Waals surface area contributed by atoms with E-state index in [9.17, 15) is 4.79 Å². The SMILES string of the molecule is CN=CC(=CN)c1cnc2ccc3ccc(CCO[Si](C)(C)C(C)(C)C)cc3c(=O)c2c1. The summed E-state index contributed by atoms with van der Waals surface area (Å²) in [5.41, 5.74) is 8.95. The monoisotopic (exact) mass is 447 g/mol. The van der Waals surface area contributed by atoms with Gasteiger partial charge in [0.25, 0.3) is 0 Å². The predicted molar refractivity (Wildman–Crippen MR) is 139 cm³/mol. The minimum atomic E-state index is -1.80. The Morgan fingerprint density at radius 1 is 1.16 bits per heavy atom. The fraction of sp³-hybridized carbons (Fsp3) is 0.346. The number of hydrogen-bond donors (Lipinski definition) is 1. The Morgan fingerprint density at radius 2 is 1.88 bits per heavy atom. The maximum Gasteiger partial charge on any atom is 0.195 e. The van der Waals surface area contributed by atoms with E-state index in [0.717, 1.165) is 28.5 Å². The predicted octanol–water partition coefficient (Wildman–Crippen LogP) is 5.31. The molecule has 2 N–H and O–H groups in total. The van der Waals surface area contributed by atoms with Crippen molar-refractivity contribution in [1.29, 1.82) is 0 Å². The van der Waals surface area contributed by atoms with E-state index in [-0.39, 0.29) is 10.5 Å². The van der Waals surface area contributed by atoms with Crippen molar-refractivity contribution in [3.63, 3.8) is 0 Å². The molecule has 1 heterocycles. The molecule has 0 aliphatic rings. The summed E-state index contributed by atoms with van der Waals surface area (Å²) in [5.74, 6) is 0. The van der Waals surface area contributed by atoms with Gasteiger partial charge in [-0.25, -0.2) is 0 Å². The molecular formula is C26H33N3O2Si. The van der Waals surface area contributed by atoms with Crippen LogP contribution in [0.2, 0.25) is 18.1 Å². The zero-order valence-electron chi connectivity index (χ0n) is 19.9. The van der Waals surface area contributed by atoms with E-state index in [1.54, 1.807) is 19.5 Å². The van der Waals surface area contributed by atoms with Gasteiger partial charge in [-0.1, -0.05) is 39.0 Å². The number of rotatable bonds is 6. The Morgan fingerprint density at radius 3 is 2.53 bits per heavy atom. The van der Waals surface area contributed by atoms with Crippen LogP contribution in [0.5, 0.6) is 0 Å². The maximum absolute atomic E-state index is 13.5. The largest absolute Gasteiger partial charge is 0.416 e. The molecule has 3 rings (SSSR count). The van der Waals surface area contributed by atoms with Gasteiger partial charge in [-0.15, -0.1) is 0 Å². The zero-order valence-corrected chi connectivity index (χ0v) is 20.9. The van der Waals surface area contributed by atoms with E-state index < -0.39 is 8.32 Å². The maximum atomic E-state index is 13.5. The molecule has 0 aliphatic carbocycles. The number of aromatic nitrogens is 1. The smallest absolute Gasteiger partial charge is 0.195 e. The molecule has 2 aromatic carbocycles. The first-order valence-corrected chi connectivity index (χ1v) is 13.8. The second-order valence-corrected chi connectivity index (χ2v) is 14.4. The normalized spacial score (nSPS) is 13.4. The molecule has 0 aliphatic heterocycles. The van der Waals surface area contributed by atoms with E-state index in [4.69, 9.17) is 10.2 Å². The second-order valence-electron chi connectivity index (χ2n) is 9.61. The van der Waals surface area contributed by atoms with Crippen molar-refractivity contribution in [2.75, 3.05) is 13.7 Å². The van der Waals surface area contributed by atoms with Crippen molar-refractivity contribution in [1.82, 2.24) is 4.98 Å². The van der Waals surface area contributed by atoms with Crippen molar-refractivity contribution >= 4 is 41.8 Å². The Hall–Kier alpha value is -2.83. The van der Waals surface area contributed by atoms with E-state index >= 15 is 0 Å². The van der Waals surface area contributed by atoms with E-state index in [1.165, 1.54) is 6.20 Å². The molecule has 0 unspecified atom stereocenters. The van der Waals surface area contributed by atoms with Crippen molar-refractivity contribution < 1.29 is 4.43 Å². The van der Waals surface area contributed by atoms with Crippen LogP contribution in [0.25, 0.3) is 27.2 Å². The summed E-state index contributed by atoms with van der Waals surface area (Å²) in [6, 6.07) is 11.8. The lowest BCUT2D eigenvalue weighted by atomic mass is 10.1. The van der Waals surface area contributed by atoms with Crippen LogP contribution >= 0.6 is 0 Å². The summed E-state index contributed by atoms with van der Waals surface area (Å²) in [6.07, 6.45) is 5.63. The fourth-order valence-corrected chi connectivity index (χ4v) is 4.40. The van der Waals surface area contributed by atoms with Crippen LogP contribution in [0.4, 0.5) is 0 Å². The van der Waals surface area contributed by atoms with E-state index in [1.807, 2.05) is 30.3 Å². The van der Waals surface area contributed by atoms with Crippen LogP contribution in [-0.2, 0) is 10.8 Å². The first-order valence-electron chi connectivity index (χ1n) is 10.9. The number of aliphatic imine (C=N–C) groups is 1. The molecular weight excluding hydrogens is 414 g/mol. The lowest BCUT2D eigenvalue weighted by Gasteiger charge is -2.36. The molecule has 0 spiro atoms. The molecule has 0 radical (unpaired) electrons. The number of fused-ring (bicyclic) bond motifs is 2. The third-order valence-electron chi connectivity index (χ3n) is 6.39. The van der Waals surface area contributed by atoms with Gasteiger partial charge in [0.2, 0.25) is 0 Å². The molecule has 168 valence electrons. The lowest BCUT2D eigenvalue weighted by molar-refractivity contribution is 0.292. The highest BCUT2D eigenvalue weighted by Crippen LogP contribution is 2.36. The summed E-state index contributed by atoms with van der Waals surface area (Å²) >= 11 is 0. The summed E-state index contributed by atoms with van der Waals surface area (Å²) in [5, 5.41) is 2.32. The topological polar surface area (TPSA) is 77.6 Å². The quantitative estimate of drug-likeness (QED) is 0.410. The second kappa shape index (κ2) is 9.34. The standard InChI is InChI=1S/C26H33N3O2Si/c1-26(2,3)32(5,6)31-12-11-18-7-8-19-9-10-24-23(25(30)22(19)13-18)14-20(17-29-24)21(15-27)16-28-4/h7-10,13-17H,11-12,27H2,1-6H3. The highest BCUT2D eigenvalue weighted by Gasteiger charge is 2.36. The van der Waals surface area contributed by atoms with E-state index in [2.05, 4.69) is 49.9 Å². The first-order chi connectivity index (χ1) is 15.1. The molecule has 6 heteroatoms. The van der Waals surface area contributed by atoms with Gasteiger partial charge in [-0.2, -0.15) is 0 Å². The Kier molecular flexibility index (Phi) is 6.96. The van der Waals surface area contributed by atoms with Gasteiger partial charge in [0.15, 0.2) is 13.7 Å². The van der Waals surface area contributed by atoms with Gasteiger partial charge in [0.05, 0.1) is 5.52 Å². The van der Waals surface area contributed by atoms with Gasteiger partial charge in [-0.05, 0) is 53.7 Å². The van der Waals surface area contributed by atoms with Crippen LogP contribution in [0.1, 0.15) is 31.9 Å². The average Bonchev–Trinajstić information content (AvgIpc) is 2.87. The van der Waals surface area contributed by atoms with E-state index in [0.29, 0.717) is 22.9 Å². The zero-order chi connectivity index (χ0) is 23.5. The van der Waals surface area contributed by atoms with Crippen LogP contribution in [0.15, 0.2) is 58.6 Å². The van der Waals surface area contributed by atoms with Gasteiger partial charge in [0.1, 0.15) is 0 Å². The minimum Gasteiger partial charge on any atom is -0.416 e. The Bertz CT molecular complexity index is 1260. The van der Waals surface area contributed by atoms with Crippen molar-refractivity contribution in [2.45, 2.75) is 45.3 Å². The van der Waals surface area contributed by atoms with Crippen LogP contribution in [0.3, 0.4) is 0 Å². The summed E-state index contributed by atoms with van der Waals surface area (Å²) in [4.78, 5) is 22.0. The Balaban J connectivity index is 2.01. The highest BCUT2D eigenvalue weighted by molar-refractivity contribution is 6.74. The van der Waals surface area contributed by atoms with Crippen molar-refractivity contribution in [2.24, 2.45) is 10.7 Å². The number of allylic oxidation sites excluding steroid dienone is 1. The molecule has 0 atom stereocenters. The molecule has 5 nitrogen and oxygen atoms in total. The summed E-state index contributed by atoms with van der Waals surface area (Å²) < 4.78 is 6.33. The molecule has 0 bridgehead atoms. The molecule has 0 amide bonds. The highest BCUT2D eigenvalue weighted by atomic mass is 28.4. The lowest BCUT2D eigenvalue weighted by Crippen LogP contribution is -2.41. The number of benzene rings is 1. The number of pyridine rings is 1. The number of nitrogens with zero attached hydrogens (tertiary/aromatic N) is 2. The van der Waals surface area contributed by atoms with Gasteiger partial charge in [0, 0.05) is 54.2 Å². The molecule has 1 aromatic heterocycles. The minimum absolute atomic E-state index is 0.0358. The van der Waals surface area contributed by atoms with Crippen LogP contribution in [0, 0.1) is 0 Å². The van der Waals surface area contributed by atoms with Crippen LogP contribution < -0.4 is 11.2 Å². The van der Waals surface area contributed by atoms with Crippen molar-refractivity contribution in [3.8, 4) is 0 Å². The fourth-order valence-electron chi connectivity index (χ4n) is 3.36. The first kappa shape index (κ1) is 23.8. The summed E-state index contributed by atoms with van der Waals surface area (Å²) in [6.45, 7) is 11.9. The third kappa shape index (κ3) is 4.97. The summed E-state index contributed by atoms with van der Waals surface area (Å²) in [7, 11) is -0.115. The molecule has 3 aromatic rings. The molecule has 32 heavy (non-hydrogen) atoms.